The average molecular weight is 282 g/mol. The summed E-state index contributed by atoms with van der Waals surface area (Å²) in [6.45, 7) is -0.0935. The van der Waals surface area contributed by atoms with Gasteiger partial charge in [-0.05, 0) is 17.7 Å². The van der Waals surface area contributed by atoms with E-state index in [1.54, 1.807) is 12.1 Å². The first-order valence-corrected chi connectivity index (χ1v) is 6.32. The Morgan fingerprint density at radius 3 is 2.57 bits per heavy atom. The third kappa shape index (κ3) is 3.74. The van der Waals surface area contributed by atoms with E-state index >= 15 is 0 Å². The van der Waals surface area contributed by atoms with Crippen molar-refractivity contribution in [1.29, 1.82) is 5.26 Å². The molecule has 0 aliphatic heterocycles. The molecular formula is C16H14N2O3. The second kappa shape index (κ2) is 6.96. The molecule has 2 aromatic carbocycles. The molecule has 5 nitrogen and oxygen atoms in total. The Hall–Kier alpha value is -3.00. The summed E-state index contributed by atoms with van der Waals surface area (Å²) in [4.78, 5) is 0. The van der Waals surface area contributed by atoms with Crippen LogP contribution < -0.4 is 4.74 Å². The molecule has 0 aliphatic carbocycles. The molecule has 2 aromatic rings. The van der Waals surface area contributed by atoms with Crippen molar-refractivity contribution in [2.75, 3.05) is 6.61 Å². The van der Waals surface area contributed by atoms with Crippen LogP contribution in [-0.4, -0.2) is 22.6 Å². The molecule has 2 N–H and O–H groups in total. The van der Waals surface area contributed by atoms with Crippen molar-refractivity contribution in [3.8, 4) is 17.6 Å². The molecule has 106 valence electrons. The number of benzene rings is 2. The van der Waals surface area contributed by atoms with Gasteiger partial charge in [-0.3, -0.25) is 0 Å². The Bertz CT molecular complexity index is 676. The van der Waals surface area contributed by atoms with Crippen LogP contribution in [0.5, 0.6) is 11.5 Å². The first-order chi connectivity index (χ1) is 10.2. The van der Waals surface area contributed by atoms with E-state index in [9.17, 15) is 10.3 Å². The second-order valence-corrected chi connectivity index (χ2v) is 4.33. The molecule has 5 heteroatoms. The predicted octanol–water partition coefficient (Wildman–Crippen LogP) is 2.72. The maximum atomic E-state index is 10.0. The summed E-state index contributed by atoms with van der Waals surface area (Å²) in [6.07, 6.45) is 0.392. The van der Waals surface area contributed by atoms with Gasteiger partial charge in [0.25, 0.3) is 0 Å². The normalized spacial score (nSPS) is 10.9. The fraction of sp³-hybridized carbons (Fsp3) is 0.125. The number of phenols is 1. The van der Waals surface area contributed by atoms with Gasteiger partial charge in [-0.2, -0.15) is 5.26 Å². The first-order valence-electron chi connectivity index (χ1n) is 6.32. The lowest BCUT2D eigenvalue weighted by Crippen LogP contribution is -2.06. The number of rotatable bonds is 5. The number of nitriles is 1. The largest absolute Gasteiger partial charge is 0.507 e. The van der Waals surface area contributed by atoms with Crippen LogP contribution in [0.1, 0.15) is 11.1 Å². The third-order valence-electron chi connectivity index (χ3n) is 2.92. The molecule has 0 fully saturated rings. The van der Waals surface area contributed by atoms with E-state index in [1.807, 2.05) is 36.4 Å². The quantitative estimate of drug-likeness (QED) is 0.501. The van der Waals surface area contributed by atoms with Gasteiger partial charge in [0.2, 0.25) is 0 Å². The third-order valence-corrected chi connectivity index (χ3v) is 2.92. The van der Waals surface area contributed by atoms with Crippen LogP contribution in [0.2, 0.25) is 0 Å². The number of nitrogens with zero attached hydrogens (tertiary/aromatic N) is 2. The minimum Gasteiger partial charge on any atom is -0.507 e. The number of aromatic hydroxyl groups is 1. The Balaban J connectivity index is 2.21. The smallest absolute Gasteiger partial charge is 0.174 e. The van der Waals surface area contributed by atoms with Crippen LogP contribution >= 0.6 is 0 Å². The lowest BCUT2D eigenvalue weighted by Gasteiger charge is -2.09. The molecule has 0 aromatic heterocycles. The first kappa shape index (κ1) is 14.4. The van der Waals surface area contributed by atoms with Gasteiger partial charge < -0.3 is 15.1 Å². The molecule has 0 spiro atoms. The van der Waals surface area contributed by atoms with Crippen molar-refractivity contribution in [3.63, 3.8) is 0 Å². The van der Waals surface area contributed by atoms with Gasteiger partial charge in [0.05, 0.1) is 5.71 Å². The van der Waals surface area contributed by atoms with E-state index in [2.05, 4.69) is 5.16 Å². The van der Waals surface area contributed by atoms with Gasteiger partial charge in [-0.25, -0.2) is 0 Å². The monoisotopic (exact) mass is 282 g/mol. The van der Waals surface area contributed by atoms with Crippen molar-refractivity contribution in [3.05, 3.63) is 59.7 Å². The summed E-state index contributed by atoms with van der Waals surface area (Å²) in [5.41, 5.74) is 1.74. The molecule has 0 heterocycles. The summed E-state index contributed by atoms with van der Waals surface area (Å²) < 4.78 is 5.10. The lowest BCUT2D eigenvalue weighted by molar-refractivity contribution is 0.318. The highest BCUT2D eigenvalue weighted by molar-refractivity contribution is 6.03. The second-order valence-electron chi connectivity index (χ2n) is 4.33. The van der Waals surface area contributed by atoms with E-state index in [0.717, 1.165) is 5.56 Å². The summed E-state index contributed by atoms with van der Waals surface area (Å²) >= 11 is 0. The zero-order valence-corrected chi connectivity index (χ0v) is 11.2. The number of phenolic OH excluding ortho intramolecular Hbond substituents is 1. The molecule has 0 atom stereocenters. The van der Waals surface area contributed by atoms with Crippen molar-refractivity contribution < 1.29 is 15.1 Å². The topological polar surface area (TPSA) is 85.8 Å². The molecule has 0 saturated carbocycles. The van der Waals surface area contributed by atoms with Gasteiger partial charge in [0.1, 0.15) is 17.6 Å². The van der Waals surface area contributed by atoms with Gasteiger partial charge in [-0.1, -0.05) is 35.5 Å². The highest BCUT2D eigenvalue weighted by atomic mass is 16.5. The van der Waals surface area contributed by atoms with Crippen LogP contribution in [0.3, 0.4) is 0 Å². The number of hydrogen-bond donors (Lipinski definition) is 2. The van der Waals surface area contributed by atoms with Crippen molar-refractivity contribution in [2.24, 2.45) is 5.16 Å². The van der Waals surface area contributed by atoms with Crippen LogP contribution in [0, 0.1) is 11.3 Å². The average Bonchev–Trinajstić information content (AvgIpc) is 2.52. The SMILES string of the molecule is N#CCOc1ccc(/C(Cc2ccccc2)=N\O)c(O)c1. The van der Waals surface area contributed by atoms with Crippen LogP contribution in [0.4, 0.5) is 0 Å². The van der Waals surface area contributed by atoms with Crippen LogP contribution in [0.15, 0.2) is 53.7 Å². The highest BCUT2D eigenvalue weighted by Crippen LogP contribution is 2.25. The minimum absolute atomic E-state index is 0.0610. The van der Waals surface area contributed by atoms with Crippen molar-refractivity contribution in [1.82, 2.24) is 0 Å². The van der Waals surface area contributed by atoms with Gasteiger partial charge >= 0.3 is 0 Å². The van der Waals surface area contributed by atoms with Crippen LogP contribution in [0.25, 0.3) is 0 Å². The Kier molecular flexibility index (Phi) is 4.78. The van der Waals surface area contributed by atoms with Crippen LogP contribution in [-0.2, 0) is 6.42 Å². The molecule has 0 aliphatic rings. The van der Waals surface area contributed by atoms with Crippen molar-refractivity contribution in [2.45, 2.75) is 6.42 Å². The van der Waals surface area contributed by atoms with Gasteiger partial charge in [-0.15, -0.1) is 0 Å². The van der Waals surface area contributed by atoms with Gasteiger partial charge in [0, 0.05) is 18.1 Å². The zero-order valence-electron chi connectivity index (χ0n) is 11.2. The fourth-order valence-electron chi connectivity index (χ4n) is 1.93. The number of oxime groups is 1. The molecule has 0 amide bonds. The Labute approximate surface area is 122 Å². The molecule has 0 unspecified atom stereocenters. The molecule has 2 rings (SSSR count). The van der Waals surface area contributed by atoms with E-state index in [-0.39, 0.29) is 12.4 Å². The molecule has 21 heavy (non-hydrogen) atoms. The number of ether oxygens (including phenoxy) is 1. The highest BCUT2D eigenvalue weighted by Gasteiger charge is 2.12. The van der Waals surface area contributed by atoms with Crippen molar-refractivity contribution >= 4 is 5.71 Å². The van der Waals surface area contributed by atoms with Gasteiger partial charge in [0.15, 0.2) is 6.61 Å². The zero-order chi connectivity index (χ0) is 15.1. The standard InChI is InChI=1S/C16H14N2O3/c17-8-9-21-13-6-7-14(16(19)11-13)15(18-20)10-12-4-2-1-3-5-12/h1-7,11,19-20H,9-10H2/b18-15-. The predicted molar refractivity (Wildman–Crippen MR) is 77.7 cm³/mol. The molecule has 0 bridgehead atoms. The molecule has 0 radical (unpaired) electrons. The summed E-state index contributed by atoms with van der Waals surface area (Å²) in [5, 5.41) is 30.9. The van der Waals surface area contributed by atoms with E-state index in [0.29, 0.717) is 23.4 Å². The Morgan fingerprint density at radius 2 is 1.95 bits per heavy atom. The molecule has 0 saturated heterocycles. The number of hydrogen-bond acceptors (Lipinski definition) is 5. The van der Waals surface area contributed by atoms with E-state index < -0.39 is 0 Å². The Morgan fingerprint density at radius 1 is 1.19 bits per heavy atom. The molecular weight excluding hydrogens is 268 g/mol. The summed E-state index contributed by atoms with van der Waals surface area (Å²) in [7, 11) is 0. The maximum absolute atomic E-state index is 10.0. The summed E-state index contributed by atoms with van der Waals surface area (Å²) in [6, 6.07) is 16.0. The maximum Gasteiger partial charge on any atom is 0.174 e. The lowest BCUT2D eigenvalue weighted by atomic mass is 10.0. The van der Waals surface area contributed by atoms with E-state index in [1.165, 1.54) is 6.07 Å². The minimum atomic E-state index is -0.0935. The fourth-order valence-corrected chi connectivity index (χ4v) is 1.93. The van der Waals surface area contributed by atoms with E-state index in [4.69, 9.17) is 10.00 Å². The summed E-state index contributed by atoms with van der Waals surface area (Å²) in [5.74, 6) is 0.323.